The fourth-order valence-corrected chi connectivity index (χ4v) is 2.53. The first kappa shape index (κ1) is 15.3. The van der Waals surface area contributed by atoms with Gasteiger partial charge in [-0.05, 0) is 25.2 Å². The van der Waals surface area contributed by atoms with E-state index in [1.54, 1.807) is 0 Å². The van der Waals surface area contributed by atoms with Crippen LogP contribution in [0.5, 0.6) is 0 Å². The lowest BCUT2D eigenvalue weighted by atomic mass is 9.76. The first-order valence-electron chi connectivity index (χ1n) is 6.41. The molecule has 1 aliphatic carbocycles. The lowest BCUT2D eigenvalue weighted by Crippen LogP contribution is -2.47. The van der Waals surface area contributed by atoms with Crippen LogP contribution in [-0.2, 0) is 4.79 Å². The Labute approximate surface area is 105 Å². The van der Waals surface area contributed by atoms with E-state index < -0.39 is 12.6 Å². The van der Waals surface area contributed by atoms with E-state index in [-0.39, 0.29) is 36.8 Å². The number of halogens is 3. The van der Waals surface area contributed by atoms with Crippen LogP contribution in [-0.4, -0.2) is 24.7 Å². The van der Waals surface area contributed by atoms with Gasteiger partial charge in [0.2, 0.25) is 5.91 Å². The van der Waals surface area contributed by atoms with Crippen LogP contribution in [0, 0.1) is 11.8 Å². The quantitative estimate of drug-likeness (QED) is 0.766. The molecule has 0 radical (unpaired) electrons. The molecule has 3 N–H and O–H groups in total. The van der Waals surface area contributed by atoms with Crippen LogP contribution in [0.25, 0.3) is 0 Å². The second-order valence-corrected chi connectivity index (χ2v) is 5.11. The van der Waals surface area contributed by atoms with E-state index in [1.165, 1.54) is 0 Å². The molecule has 18 heavy (non-hydrogen) atoms. The summed E-state index contributed by atoms with van der Waals surface area (Å²) in [6.07, 6.45) is -2.32. The fourth-order valence-electron chi connectivity index (χ4n) is 2.53. The molecule has 1 saturated carbocycles. The molecule has 106 valence electrons. The van der Waals surface area contributed by atoms with Crippen molar-refractivity contribution < 1.29 is 18.0 Å². The van der Waals surface area contributed by atoms with Gasteiger partial charge in [-0.3, -0.25) is 4.79 Å². The Morgan fingerprint density at radius 2 is 2.06 bits per heavy atom. The Balaban J connectivity index is 2.31. The molecule has 0 aliphatic heterocycles. The summed E-state index contributed by atoms with van der Waals surface area (Å²) in [4.78, 5) is 11.9. The smallest absolute Gasteiger partial charge is 0.356 e. The molecule has 1 fully saturated rings. The molecule has 0 heterocycles. The fraction of sp³-hybridized carbons (Fsp3) is 0.917. The zero-order valence-corrected chi connectivity index (χ0v) is 10.6. The molecule has 0 aromatic heterocycles. The number of rotatable bonds is 4. The standard InChI is InChI=1S/C12H21F3N2O/c1-8-4-2-5-9(16)10(8)11(18)17-7-3-6-12(13,14)15/h8-10H,2-7,16H2,1H3,(H,17,18). The summed E-state index contributed by atoms with van der Waals surface area (Å²) < 4.78 is 35.8. The summed E-state index contributed by atoms with van der Waals surface area (Å²) in [5.74, 6) is -0.252. The molecular weight excluding hydrogens is 245 g/mol. The average molecular weight is 266 g/mol. The zero-order chi connectivity index (χ0) is 13.8. The van der Waals surface area contributed by atoms with Gasteiger partial charge in [-0.1, -0.05) is 13.3 Å². The predicted octanol–water partition coefficient (Wildman–Crippen LogP) is 2.21. The molecule has 1 rings (SSSR count). The van der Waals surface area contributed by atoms with Crippen LogP contribution in [0.15, 0.2) is 0 Å². The number of nitrogens with one attached hydrogen (secondary N) is 1. The number of amides is 1. The van der Waals surface area contributed by atoms with E-state index in [2.05, 4.69) is 5.32 Å². The van der Waals surface area contributed by atoms with Gasteiger partial charge < -0.3 is 11.1 Å². The van der Waals surface area contributed by atoms with Crippen LogP contribution < -0.4 is 11.1 Å². The highest BCUT2D eigenvalue weighted by molar-refractivity contribution is 5.79. The zero-order valence-electron chi connectivity index (χ0n) is 10.6. The van der Waals surface area contributed by atoms with Gasteiger partial charge in [0.25, 0.3) is 0 Å². The van der Waals surface area contributed by atoms with Crippen LogP contribution >= 0.6 is 0 Å². The molecule has 0 bridgehead atoms. The van der Waals surface area contributed by atoms with Crippen molar-refractivity contribution in [2.75, 3.05) is 6.54 Å². The number of hydrogen-bond acceptors (Lipinski definition) is 2. The largest absolute Gasteiger partial charge is 0.389 e. The third-order valence-corrected chi connectivity index (χ3v) is 3.51. The van der Waals surface area contributed by atoms with Gasteiger partial charge in [-0.2, -0.15) is 13.2 Å². The first-order valence-corrected chi connectivity index (χ1v) is 6.41. The monoisotopic (exact) mass is 266 g/mol. The topological polar surface area (TPSA) is 55.1 Å². The summed E-state index contributed by atoms with van der Waals surface area (Å²) in [7, 11) is 0. The van der Waals surface area contributed by atoms with Gasteiger partial charge in [-0.25, -0.2) is 0 Å². The molecule has 3 atom stereocenters. The summed E-state index contributed by atoms with van der Waals surface area (Å²) in [6, 6.07) is -0.170. The van der Waals surface area contributed by atoms with Gasteiger partial charge >= 0.3 is 6.18 Å². The summed E-state index contributed by atoms with van der Waals surface area (Å²) in [5.41, 5.74) is 5.90. The van der Waals surface area contributed by atoms with E-state index >= 15 is 0 Å². The second-order valence-electron chi connectivity index (χ2n) is 5.11. The predicted molar refractivity (Wildman–Crippen MR) is 62.8 cm³/mol. The number of hydrogen-bond donors (Lipinski definition) is 2. The highest BCUT2D eigenvalue weighted by Gasteiger charge is 2.33. The number of carbonyl (C=O) groups excluding carboxylic acids is 1. The molecule has 1 amide bonds. The van der Waals surface area contributed by atoms with Crippen molar-refractivity contribution in [3.63, 3.8) is 0 Å². The highest BCUT2D eigenvalue weighted by Crippen LogP contribution is 2.29. The Bertz CT molecular complexity index is 271. The Kier molecular flexibility index (Phi) is 5.44. The minimum atomic E-state index is -4.15. The van der Waals surface area contributed by atoms with E-state index in [9.17, 15) is 18.0 Å². The molecule has 0 spiro atoms. The summed E-state index contributed by atoms with van der Waals surface area (Å²) in [6.45, 7) is 2.03. The van der Waals surface area contributed by atoms with Crippen molar-refractivity contribution in [1.29, 1.82) is 0 Å². The van der Waals surface area contributed by atoms with Gasteiger partial charge in [0.05, 0.1) is 5.92 Å². The normalized spacial score (nSPS) is 29.1. The van der Waals surface area contributed by atoms with Crippen LogP contribution in [0.1, 0.15) is 39.0 Å². The van der Waals surface area contributed by atoms with Crippen LogP contribution in [0.3, 0.4) is 0 Å². The average Bonchev–Trinajstić information content (AvgIpc) is 2.23. The lowest BCUT2D eigenvalue weighted by molar-refractivity contribution is -0.137. The Hall–Kier alpha value is -0.780. The van der Waals surface area contributed by atoms with Crippen molar-refractivity contribution in [3.8, 4) is 0 Å². The van der Waals surface area contributed by atoms with Crippen LogP contribution in [0.4, 0.5) is 13.2 Å². The van der Waals surface area contributed by atoms with Gasteiger partial charge in [0, 0.05) is 19.0 Å². The molecule has 0 saturated heterocycles. The molecular formula is C12H21F3N2O. The summed E-state index contributed by atoms with van der Waals surface area (Å²) >= 11 is 0. The lowest BCUT2D eigenvalue weighted by Gasteiger charge is -2.33. The Morgan fingerprint density at radius 1 is 1.39 bits per heavy atom. The minimum absolute atomic E-state index is 0.0638. The third-order valence-electron chi connectivity index (χ3n) is 3.51. The molecule has 3 nitrogen and oxygen atoms in total. The maximum Gasteiger partial charge on any atom is 0.389 e. The van der Waals surface area contributed by atoms with Gasteiger partial charge in [0.15, 0.2) is 0 Å². The maximum absolute atomic E-state index is 11.9. The van der Waals surface area contributed by atoms with E-state index in [1.807, 2.05) is 6.92 Å². The minimum Gasteiger partial charge on any atom is -0.356 e. The van der Waals surface area contributed by atoms with E-state index in [4.69, 9.17) is 5.73 Å². The number of alkyl halides is 3. The summed E-state index contributed by atoms with van der Waals surface area (Å²) in [5, 5.41) is 2.57. The molecule has 3 unspecified atom stereocenters. The molecule has 6 heteroatoms. The maximum atomic E-state index is 11.9. The van der Waals surface area contributed by atoms with Crippen molar-refractivity contribution in [1.82, 2.24) is 5.32 Å². The van der Waals surface area contributed by atoms with Crippen molar-refractivity contribution in [2.24, 2.45) is 17.6 Å². The third kappa shape index (κ3) is 4.84. The van der Waals surface area contributed by atoms with Crippen molar-refractivity contribution in [3.05, 3.63) is 0 Å². The van der Waals surface area contributed by atoms with Crippen LogP contribution in [0.2, 0.25) is 0 Å². The highest BCUT2D eigenvalue weighted by atomic mass is 19.4. The number of carbonyl (C=O) groups is 1. The van der Waals surface area contributed by atoms with Gasteiger partial charge in [0.1, 0.15) is 0 Å². The van der Waals surface area contributed by atoms with Crippen molar-refractivity contribution in [2.45, 2.75) is 51.2 Å². The van der Waals surface area contributed by atoms with E-state index in [0.29, 0.717) is 0 Å². The Morgan fingerprint density at radius 3 is 2.61 bits per heavy atom. The molecule has 0 aromatic carbocycles. The SMILES string of the molecule is CC1CCCC(N)C1C(=O)NCCCC(F)(F)F. The molecule has 1 aliphatic rings. The number of nitrogens with two attached hydrogens (primary N) is 1. The van der Waals surface area contributed by atoms with Crippen molar-refractivity contribution >= 4 is 5.91 Å². The van der Waals surface area contributed by atoms with Gasteiger partial charge in [-0.15, -0.1) is 0 Å². The molecule has 0 aromatic rings. The van der Waals surface area contributed by atoms with E-state index in [0.717, 1.165) is 19.3 Å². The second kappa shape index (κ2) is 6.41. The first-order chi connectivity index (χ1) is 8.31.